The van der Waals surface area contributed by atoms with Crippen LogP contribution in [0, 0.1) is 5.82 Å². The number of benzene rings is 4. The number of halogens is 1. The highest BCUT2D eigenvalue weighted by Crippen LogP contribution is 2.41. The van der Waals surface area contributed by atoms with Gasteiger partial charge in [0, 0.05) is 60.5 Å². The summed E-state index contributed by atoms with van der Waals surface area (Å²) in [7, 11) is 0. The van der Waals surface area contributed by atoms with Crippen molar-refractivity contribution in [1.29, 1.82) is 0 Å². The van der Waals surface area contributed by atoms with Crippen LogP contribution in [0.15, 0.2) is 119 Å². The van der Waals surface area contributed by atoms with Crippen LogP contribution in [0.4, 0.5) is 10.1 Å². The number of oxime groups is 1. The first-order valence-electron chi connectivity index (χ1n) is 14.9. The van der Waals surface area contributed by atoms with E-state index >= 15 is 4.39 Å². The van der Waals surface area contributed by atoms with Gasteiger partial charge in [-0.1, -0.05) is 96.2 Å². The normalized spacial score (nSPS) is 15.7. The molecule has 0 radical (unpaired) electrons. The summed E-state index contributed by atoms with van der Waals surface area (Å²) in [6, 6.07) is 33.4. The van der Waals surface area contributed by atoms with Crippen molar-refractivity contribution in [1.82, 2.24) is 9.88 Å². The van der Waals surface area contributed by atoms with Crippen LogP contribution in [0.25, 0.3) is 10.9 Å². The minimum absolute atomic E-state index is 0.269. The van der Waals surface area contributed by atoms with Gasteiger partial charge in [-0.15, -0.1) is 0 Å². The maximum Gasteiger partial charge on any atom is 0.212 e. The van der Waals surface area contributed by atoms with E-state index in [0.717, 1.165) is 61.2 Å². The van der Waals surface area contributed by atoms with Crippen molar-refractivity contribution >= 4 is 22.8 Å². The molecule has 5 aromatic rings. The molecule has 43 heavy (non-hydrogen) atoms. The van der Waals surface area contributed by atoms with E-state index in [9.17, 15) is 4.79 Å². The van der Waals surface area contributed by atoms with Gasteiger partial charge in [-0.05, 0) is 25.0 Å². The number of rotatable bonds is 8. The van der Waals surface area contributed by atoms with Crippen LogP contribution in [0.5, 0.6) is 0 Å². The summed E-state index contributed by atoms with van der Waals surface area (Å²) in [5.41, 5.74) is 3.05. The van der Waals surface area contributed by atoms with Crippen LogP contribution >= 0.6 is 0 Å². The molecule has 2 fully saturated rings. The first kappa shape index (κ1) is 27.1. The van der Waals surface area contributed by atoms with Crippen LogP contribution < -0.4 is 15.6 Å². The van der Waals surface area contributed by atoms with E-state index in [4.69, 9.17) is 4.84 Å². The molecular weight excluding hydrogens is 539 g/mol. The highest BCUT2D eigenvalue weighted by molar-refractivity contribution is 5.90. The number of pyridine rings is 1. The summed E-state index contributed by atoms with van der Waals surface area (Å²) in [4.78, 5) is 22.4. The van der Waals surface area contributed by atoms with E-state index in [0.29, 0.717) is 16.6 Å². The highest BCUT2D eigenvalue weighted by atomic mass is 19.1. The van der Waals surface area contributed by atoms with Crippen LogP contribution in [0.1, 0.15) is 41.1 Å². The van der Waals surface area contributed by atoms with E-state index in [2.05, 4.69) is 15.0 Å². The fourth-order valence-electron chi connectivity index (χ4n) is 6.11. The van der Waals surface area contributed by atoms with E-state index in [1.165, 1.54) is 12.3 Å². The van der Waals surface area contributed by atoms with Crippen LogP contribution in [0.3, 0.4) is 0 Å². The number of aromatic nitrogens is 1. The van der Waals surface area contributed by atoms with Crippen molar-refractivity contribution < 1.29 is 9.23 Å². The second kappa shape index (κ2) is 11.5. The minimum Gasteiger partial charge on any atom is -0.375 e. The van der Waals surface area contributed by atoms with Gasteiger partial charge in [0.25, 0.3) is 0 Å². The van der Waals surface area contributed by atoms with Crippen molar-refractivity contribution in [2.45, 2.75) is 24.5 Å². The molecule has 1 saturated heterocycles. The summed E-state index contributed by atoms with van der Waals surface area (Å²) in [5, 5.41) is 8.17. The zero-order chi connectivity index (χ0) is 29.2. The number of fused-ring (bicyclic) bond motifs is 1. The second-order valence-electron chi connectivity index (χ2n) is 11.2. The van der Waals surface area contributed by atoms with Gasteiger partial charge in [-0.2, -0.15) is 0 Å². The van der Waals surface area contributed by atoms with Crippen molar-refractivity contribution in [3.63, 3.8) is 0 Å². The van der Waals surface area contributed by atoms with Gasteiger partial charge in [0.1, 0.15) is 5.82 Å². The van der Waals surface area contributed by atoms with E-state index in [1.54, 1.807) is 0 Å². The lowest BCUT2D eigenvalue weighted by molar-refractivity contribution is 0.0183. The van der Waals surface area contributed by atoms with Crippen molar-refractivity contribution in [2.24, 2.45) is 5.16 Å². The molecule has 4 aromatic carbocycles. The Balaban J connectivity index is 1.33. The topological polar surface area (TPSA) is 58.9 Å². The number of anilines is 1. The molecule has 6 nitrogen and oxygen atoms in total. The quantitative estimate of drug-likeness (QED) is 0.136. The summed E-state index contributed by atoms with van der Waals surface area (Å²) in [6.07, 6.45) is 5.37. The third-order valence-corrected chi connectivity index (χ3v) is 8.45. The first-order valence-corrected chi connectivity index (χ1v) is 14.9. The van der Waals surface area contributed by atoms with E-state index in [1.807, 2.05) is 108 Å². The van der Waals surface area contributed by atoms with Gasteiger partial charge >= 0.3 is 0 Å². The lowest BCUT2D eigenvalue weighted by Gasteiger charge is -2.33. The molecule has 1 N–H and O–H groups in total. The molecule has 0 bridgehead atoms. The molecular formula is C36H33FN4O2. The smallest absolute Gasteiger partial charge is 0.212 e. The van der Waals surface area contributed by atoms with Crippen molar-refractivity contribution in [2.75, 3.05) is 31.1 Å². The molecule has 216 valence electrons. The number of hydrogen-bond acceptors (Lipinski definition) is 5. The predicted octanol–water partition coefficient (Wildman–Crippen LogP) is 6.23. The Morgan fingerprint density at radius 3 is 1.93 bits per heavy atom. The monoisotopic (exact) mass is 572 g/mol. The number of piperazine rings is 1. The highest BCUT2D eigenvalue weighted by Gasteiger charge is 2.39. The minimum atomic E-state index is -1.06. The van der Waals surface area contributed by atoms with Crippen LogP contribution in [-0.4, -0.2) is 37.0 Å². The zero-order valence-corrected chi connectivity index (χ0v) is 23.8. The fourth-order valence-corrected chi connectivity index (χ4v) is 6.11. The second-order valence-corrected chi connectivity index (χ2v) is 11.2. The maximum atomic E-state index is 15.5. The molecule has 7 heteroatoms. The van der Waals surface area contributed by atoms with E-state index in [-0.39, 0.29) is 17.3 Å². The van der Waals surface area contributed by atoms with Gasteiger partial charge in [-0.25, -0.2) is 4.39 Å². The number of nitrogens with one attached hydrogen (secondary N) is 1. The largest absolute Gasteiger partial charge is 0.375 e. The molecule has 0 atom stereocenters. The van der Waals surface area contributed by atoms with Crippen molar-refractivity contribution in [3.8, 4) is 0 Å². The molecule has 2 heterocycles. The lowest BCUT2D eigenvalue weighted by Crippen LogP contribution is -2.43. The van der Waals surface area contributed by atoms with E-state index < -0.39 is 5.60 Å². The lowest BCUT2D eigenvalue weighted by atomic mass is 9.80. The Morgan fingerprint density at radius 2 is 1.40 bits per heavy atom. The molecule has 1 aliphatic heterocycles. The molecule has 1 saturated carbocycles. The summed E-state index contributed by atoms with van der Waals surface area (Å²) >= 11 is 0. The Bertz CT molecular complexity index is 1720. The van der Waals surface area contributed by atoms with Crippen LogP contribution in [-0.2, 0) is 10.4 Å². The summed E-state index contributed by atoms with van der Waals surface area (Å²) in [6.45, 7) is 3.06. The Hall–Kier alpha value is -4.75. The Labute approximate surface area is 250 Å². The standard InChI is InChI=1S/C36H33FN4O2/c37-32-22-31-33(23-34(32)40-20-18-38-19-21-40)41(30-16-17-30)25-26(35(31)42)24-39-43-36(27-10-4-1-5-11-27,28-12-6-2-7-13-28)29-14-8-3-9-15-29/h1-15,22-25,30,38H,16-21H2. The third kappa shape index (κ3) is 5.10. The molecule has 2 aliphatic rings. The fraction of sp³-hybridized carbons (Fsp3) is 0.222. The Kier molecular flexibility index (Phi) is 7.25. The van der Waals surface area contributed by atoms with Gasteiger partial charge < -0.3 is 19.6 Å². The molecule has 1 aromatic heterocycles. The number of hydrogen-bond donors (Lipinski definition) is 1. The van der Waals surface area contributed by atoms with Gasteiger partial charge in [-0.3, -0.25) is 4.79 Å². The van der Waals surface area contributed by atoms with Crippen LogP contribution in [0.2, 0.25) is 0 Å². The van der Waals surface area contributed by atoms with Gasteiger partial charge in [0.15, 0.2) is 5.43 Å². The van der Waals surface area contributed by atoms with Gasteiger partial charge in [0.05, 0.1) is 23.0 Å². The molecule has 1 aliphatic carbocycles. The van der Waals surface area contributed by atoms with Crippen molar-refractivity contribution in [3.05, 3.63) is 148 Å². The molecule has 0 amide bonds. The molecule has 7 rings (SSSR count). The predicted molar refractivity (Wildman–Crippen MR) is 169 cm³/mol. The van der Waals surface area contributed by atoms with Gasteiger partial charge in [0.2, 0.25) is 5.60 Å². The zero-order valence-electron chi connectivity index (χ0n) is 23.8. The molecule has 0 unspecified atom stereocenters. The maximum absolute atomic E-state index is 15.5. The average molecular weight is 573 g/mol. The molecule has 0 spiro atoms. The average Bonchev–Trinajstić information content (AvgIpc) is 3.92. The summed E-state index contributed by atoms with van der Waals surface area (Å²) in [5.74, 6) is -0.379. The SMILES string of the molecule is O=c1c(C=NOC(c2ccccc2)(c2ccccc2)c2ccccc2)cn(C2CC2)c2cc(N3CCNCC3)c(F)cc12. The Morgan fingerprint density at radius 1 is 0.837 bits per heavy atom. The summed E-state index contributed by atoms with van der Waals surface area (Å²) < 4.78 is 17.6. The number of nitrogens with zero attached hydrogens (tertiary/aromatic N) is 3. The first-order chi connectivity index (χ1) is 21.1. The third-order valence-electron chi connectivity index (χ3n) is 8.45.